The molecule has 0 aromatic carbocycles. The van der Waals surface area contributed by atoms with Crippen LogP contribution in [-0.2, 0) is 14.3 Å². The molecule has 0 heterocycles. The van der Waals surface area contributed by atoms with Crippen LogP contribution in [0.1, 0.15) is 98.8 Å². The summed E-state index contributed by atoms with van der Waals surface area (Å²) in [5.74, 6) is 3.35. The Morgan fingerprint density at radius 1 is 1.10 bits per heavy atom. The Labute approximate surface area is 188 Å². The number of aliphatic hydroxyl groups is 1. The third kappa shape index (κ3) is 4.00. The van der Waals surface area contributed by atoms with Crippen LogP contribution < -0.4 is 0 Å². The summed E-state index contributed by atoms with van der Waals surface area (Å²) in [7, 11) is 0. The number of Topliss-reactive ketones (excluding diaryl/α,β-unsaturated/α-hetero) is 1. The van der Waals surface area contributed by atoms with Crippen molar-refractivity contribution in [2.24, 2.45) is 46.3 Å². The SMILES string of the molecule is CC(C)OC(=O)CC[C@@H](C)[C@H]1CCC2C3C(CC[C@@]21C)[C@@]1(C)CCC(=O)CC1C[C@@H]3O. The molecule has 4 nitrogen and oxygen atoms in total. The van der Waals surface area contributed by atoms with Crippen molar-refractivity contribution in [3.05, 3.63) is 0 Å². The molecule has 4 unspecified atom stereocenters. The maximum absolute atomic E-state index is 12.1. The summed E-state index contributed by atoms with van der Waals surface area (Å²) >= 11 is 0. The number of ether oxygens (including phenoxy) is 1. The van der Waals surface area contributed by atoms with Crippen molar-refractivity contribution < 1.29 is 19.4 Å². The van der Waals surface area contributed by atoms with E-state index in [2.05, 4.69) is 20.8 Å². The quantitative estimate of drug-likeness (QED) is 0.578. The van der Waals surface area contributed by atoms with E-state index in [4.69, 9.17) is 4.74 Å². The fourth-order valence-electron chi connectivity index (χ4n) is 8.86. The summed E-state index contributed by atoms with van der Waals surface area (Å²) in [6.07, 6.45) is 9.22. The van der Waals surface area contributed by atoms with Gasteiger partial charge in [-0.3, -0.25) is 9.59 Å². The van der Waals surface area contributed by atoms with Crippen LogP contribution in [0.5, 0.6) is 0 Å². The summed E-state index contributed by atoms with van der Waals surface area (Å²) in [5, 5.41) is 11.3. The van der Waals surface area contributed by atoms with E-state index in [9.17, 15) is 14.7 Å². The highest BCUT2D eigenvalue weighted by Crippen LogP contribution is 2.68. The van der Waals surface area contributed by atoms with Gasteiger partial charge in [-0.2, -0.15) is 0 Å². The van der Waals surface area contributed by atoms with Gasteiger partial charge in [0.25, 0.3) is 0 Å². The minimum atomic E-state index is -0.256. The van der Waals surface area contributed by atoms with Gasteiger partial charge in [0.15, 0.2) is 0 Å². The van der Waals surface area contributed by atoms with Crippen LogP contribution in [0.2, 0.25) is 0 Å². The van der Waals surface area contributed by atoms with Gasteiger partial charge < -0.3 is 9.84 Å². The van der Waals surface area contributed by atoms with Gasteiger partial charge in [-0.25, -0.2) is 0 Å². The van der Waals surface area contributed by atoms with E-state index in [0.29, 0.717) is 54.1 Å². The fourth-order valence-corrected chi connectivity index (χ4v) is 8.86. The third-order valence-corrected chi connectivity index (χ3v) is 10.4. The minimum absolute atomic E-state index is 0.0421. The predicted octanol–water partition coefficient (Wildman–Crippen LogP) is 5.55. The Bertz CT molecular complexity index is 701. The summed E-state index contributed by atoms with van der Waals surface area (Å²) in [6, 6.07) is 0. The molecule has 4 saturated carbocycles. The molecule has 0 aromatic rings. The van der Waals surface area contributed by atoms with Crippen LogP contribution in [-0.4, -0.2) is 29.1 Å². The lowest BCUT2D eigenvalue weighted by molar-refractivity contribution is -0.169. The second kappa shape index (κ2) is 8.47. The maximum atomic E-state index is 12.1. The van der Waals surface area contributed by atoms with Gasteiger partial charge in [-0.1, -0.05) is 20.8 Å². The minimum Gasteiger partial charge on any atom is -0.463 e. The molecule has 0 saturated heterocycles. The van der Waals surface area contributed by atoms with Crippen molar-refractivity contribution in [1.82, 2.24) is 0 Å². The smallest absolute Gasteiger partial charge is 0.306 e. The van der Waals surface area contributed by atoms with Crippen molar-refractivity contribution >= 4 is 11.8 Å². The van der Waals surface area contributed by atoms with Crippen molar-refractivity contribution in [2.45, 2.75) is 111 Å². The molecule has 0 radical (unpaired) electrons. The molecule has 0 aromatic heterocycles. The van der Waals surface area contributed by atoms with Crippen LogP contribution in [0.25, 0.3) is 0 Å². The third-order valence-electron chi connectivity index (χ3n) is 10.4. The molecule has 0 amide bonds. The van der Waals surface area contributed by atoms with E-state index < -0.39 is 0 Å². The molecule has 0 bridgehead atoms. The Hall–Kier alpha value is -0.900. The van der Waals surface area contributed by atoms with Crippen molar-refractivity contribution in [3.8, 4) is 0 Å². The first kappa shape index (κ1) is 23.3. The highest BCUT2D eigenvalue weighted by molar-refractivity contribution is 5.79. The van der Waals surface area contributed by atoms with E-state index in [-0.39, 0.29) is 29.0 Å². The first-order valence-corrected chi connectivity index (χ1v) is 13.0. The van der Waals surface area contributed by atoms with Gasteiger partial charge in [0.2, 0.25) is 0 Å². The van der Waals surface area contributed by atoms with Crippen LogP contribution >= 0.6 is 0 Å². The molecule has 4 aliphatic rings. The summed E-state index contributed by atoms with van der Waals surface area (Å²) < 4.78 is 5.35. The highest BCUT2D eigenvalue weighted by atomic mass is 16.5. The second-order valence-electron chi connectivity index (χ2n) is 12.3. The normalized spacial score (nSPS) is 45.6. The number of fused-ring (bicyclic) bond motifs is 5. The second-order valence-corrected chi connectivity index (χ2v) is 12.3. The van der Waals surface area contributed by atoms with E-state index in [1.165, 1.54) is 25.7 Å². The molecule has 9 atom stereocenters. The molecule has 176 valence electrons. The Balaban J connectivity index is 1.48. The number of carbonyl (C=O) groups is 2. The highest BCUT2D eigenvalue weighted by Gasteiger charge is 2.62. The van der Waals surface area contributed by atoms with Gasteiger partial charge in [0.1, 0.15) is 5.78 Å². The molecule has 1 N–H and O–H groups in total. The zero-order chi connectivity index (χ0) is 22.6. The lowest BCUT2D eigenvalue weighted by Gasteiger charge is -2.62. The molecule has 0 spiro atoms. The Morgan fingerprint density at radius 3 is 2.52 bits per heavy atom. The standard InChI is InChI=1S/C27H44O4/c1-16(2)31-24(30)9-6-17(3)20-7-8-21-25-22(11-13-27(20,21)5)26(4)12-10-19(28)14-18(26)15-23(25)29/h16-18,20-23,25,29H,6-15H2,1-5H3/t17-,18?,20-,21?,22?,23+,25?,26+,27-/m1/s1. The molecule has 4 heteroatoms. The lowest BCUT2D eigenvalue weighted by Crippen LogP contribution is -2.58. The molecular formula is C27H44O4. The van der Waals surface area contributed by atoms with Gasteiger partial charge in [-0.15, -0.1) is 0 Å². The molecule has 31 heavy (non-hydrogen) atoms. The van der Waals surface area contributed by atoms with Crippen molar-refractivity contribution in [2.75, 3.05) is 0 Å². The number of hydrogen-bond donors (Lipinski definition) is 1. The molecule has 4 fully saturated rings. The number of aliphatic hydroxyl groups excluding tert-OH is 1. The van der Waals surface area contributed by atoms with E-state index in [0.717, 1.165) is 25.7 Å². The molecular weight excluding hydrogens is 388 g/mol. The van der Waals surface area contributed by atoms with Gasteiger partial charge in [-0.05, 0) is 105 Å². The zero-order valence-corrected chi connectivity index (χ0v) is 20.4. The number of hydrogen-bond acceptors (Lipinski definition) is 4. The Kier molecular flexibility index (Phi) is 6.35. The monoisotopic (exact) mass is 432 g/mol. The van der Waals surface area contributed by atoms with Crippen LogP contribution in [0.4, 0.5) is 0 Å². The first-order chi connectivity index (χ1) is 14.6. The van der Waals surface area contributed by atoms with Crippen LogP contribution in [0.3, 0.4) is 0 Å². The van der Waals surface area contributed by atoms with Crippen LogP contribution in [0.15, 0.2) is 0 Å². The number of ketones is 1. The summed E-state index contributed by atoms with van der Waals surface area (Å²) in [4.78, 5) is 24.2. The number of esters is 1. The average molecular weight is 433 g/mol. The van der Waals surface area contributed by atoms with Gasteiger partial charge >= 0.3 is 5.97 Å². The molecule has 0 aliphatic heterocycles. The summed E-state index contributed by atoms with van der Waals surface area (Å²) in [5.41, 5.74) is 0.487. The van der Waals surface area contributed by atoms with Crippen molar-refractivity contribution in [3.63, 3.8) is 0 Å². The van der Waals surface area contributed by atoms with E-state index >= 15 is 0 Å². The predicted molar refractivity (Wildman–Crippen MR) is 121 cm³/mol. The molecule has 4 aliphatic carbocycles. The number of rotatable bonds is 5. The van der Waals surface area contributed by atoms with E-state index in [1.807, 2.05) is 13.8 Å². The van der Waals surface area contributed by atoms with Crippen LogP contribution in [0, 0.1) is 46.3 Å². The fraction of sp³-hybridized carbons (Fsp3) is 0.926. The topological polar surface area (TPSA) is 63.6 Å². The average Bonchev–Trinajstić information content (AvgIpc) is 3.04. The molecule has 4 rings (SSSR count). The van der Waals surface area contributed by atoms with Gasteiger partial charge in [0, 0.05) is 19.3 Å². The van der Waals surface area contributed by atoms with Gasteiger partial charge in [0.05, 0.1) is 12.2 Å². The largest absolute Gasteiger partial charge is 0.463 e. The first-order valence-electron chi connectivity index (χ1n) is 13.0. The maximum Gasteiger partial charge on any atom is 0.306 e. The number of carbonyl (C=O) groups excluding carboxylic acids is 2. The Morgan fingerprint density at radius 2 is 1.81 bits per heavy atom. The van der Waals surface area contributed by atoms with E-state index in [1.54, 1.807) is 0 Å². The zero-order valence-electron chi connectivity index (χ0n) is 20.4. The lowest BCUT2D eigenvalue weighted by atomic mass is 9.44. The van der Waals surface area contributed by atoms with Crippen molar-refractivity contribution in [1.29, 1.82) is 0 Å². The summed E-state index contributed by atoms with van der Waals surface area (Å²) in [6.45, 7) is 11.1.